The second-order valence-electron chi connectivity index (χ2n) is 4.97. The van der Waals surface area contributed by atoms with Gasteiger partial charge >= 0.3 is 0 Å². The molecule has 1 nitrogen and oxygen atoms in total. The van der Waals surface area contributed by atoms with Crippen molar-refractivity contribution >= 4 is 17.3 Å². The van der Waals surface area contributed by atoms with E-state index in [0.717, 1.165) is 24.2 Å². The third kappa shape index (κ3) is 2.57. The molecule has 0 bridgehead atoms. The number of rotatable bonds is 2. The highest BCUT2D eigenvalue weighted by atomic mass is 35.5. The second-order valence-corrected chi connectivity index (χ2v) is 5.24. The highest BCUT2D eigenvalue weighted by Gasteiger charge is 2.26. The van der Waals surface area contributed by atoms with E-state index in [1.54, 1.807) is 6.07 Å². The van der Waals surface area contributed by atoms with Crippen molar-refractivity contribution < 1.29 is 4.39 Å². The molecule has 1 fully saturated rings. The molecule has 17 heavy (non-hydrogen) atoms. The van der Waals surface area contributed by atoms with E-state index in [2.05, 4.69) is 18.7 Å². The average molecular weight is 256 g/mol. The van der Waals surface area contributed by atoms with Gasteiger partial charge in [0.2, 0.25) is 0 Å². The lowest BCUT2D eigenvalue weighted by molar-refractivity contribution is 0.360. The van der Waals surface area contributed by atoms with Gasteiger partial charge in [-0.25, -0.2) is 4.39 Å². The van der Waals surface area contributed by atoms with Crippen molar-refractivity contribution in [1.82, 2.24) is 0 Å². The third-order valence-electron chi connectivity index (χ3n) is 3.85. The van der Waals surface area contributed by atoms with E-state index < -0.39 is 0 Å². The Labute approximate surface area is 108 Å². The Morgan fingerprint density at radius 2 is 2.18 bits per heavy atom. The lowest BCUT2D eigenvalue weighted by Gasteiger charge is -2.39. The van der Waals surface area contributed by atoms with Crippen molar-refractivity contribution in [2.75, 3.05) is 11.4 Å². The van der Waals surface area contributed by atoms with E-state index >= 15 is 0 Å². The Morgan fingerprint density at radius 3 is 2.82 bits per heavy atom. The summed E-state index contributed by atoms with van der Waals surface area (Å²) < 4.78 is 14.0. The Kier molecular flexibility index (Phi) is 3.93. The van der Waals surface area contributed by atoms with Gasteiger partial charge in [0.15, 0.2) is 0 Å². The topological polar surface area (TPSA) is 3.24 Å². The first-order valence-corrected chi connectivity index (χ1v) is 6.78. The van der Waals surface area contributed by atoms with Crippen molar-refractivity contribution in [1.29, 1.82) is 0 Å². The second kappa shape index (κ2) is 5.26. The summed E-state index contributed by atoms with van der Waals surface area (Å²) in [6, 6.07) is 5.73. The van der Waals surface area contributed by atoms with Crippen LogP contribution in [0, 0.1) is 11.7 Å². The molecule has 1 aromatic rings. The van der Waals surface area contributed by atoms with Gasteiger partial charge in [0.1, 0.15) is 5.82 Å². The van der Waals surface area contributed by atoms with Crippen LogP contribution in [0.15, 0.2) is 18.2 Å². The molecular weight excluding hydrogens is 237 g/mol. The molecule has 94 valence electrons. The zero-order chi connectivity index (χ0) is 12.4. The maximum absolute atomic E-state index is 14.0. The van der Waals surface area contributed by atoms with Crippen LogP contribution in [-0.2, 0) is 5.88 Å². The summed E-state index contributed by atoms with van der Waals surface area (Å²) in [6.07, 6.45) is 2.38. The molecule has 0 radical (unpaired) electrons. The first-order chi connectivity index (χ1) is 8.13. The number of anilines is 1. The van der Waals surface area contributed by atoms with Crippen LogP contribution in [0.2, 0.25) is 0 Å². The molecule has 3 heteroatoms. The van der Waals surface area contributed by atoms with Crippen LogP contribution in [-0.4, -0.2) is 12.6 Å². The van der Waals surface area contributed by atoms with Crippen LogP contribution >= 0.6 is 11.6 Å². The summed E-state index contributed by atoms with van der Waals surface area (Å²) >= 11 is 5.71. The number of nitrogens with zero attached hydrogens (tertiary/aromatic N) is 1. The van der Waals surface area contributed by atoms with Crippen LogP contribution in [0.1, 0.15) is 32.3 Å². The van der Waals surface area contributed by atoms with Crippen molar-refractivity contribution in [2.45, 2.75) is 38.6 Å². The van der Waals surface area contributed by atoms with Gasteiger partial charge < -0.3 is 4.90 Å². The number of alkyl halides is 1. The summed E-state index contributed by atoms with van der Waals surface area (Å²) in [5, 5.41) is 0. The molecule has 0 amide bonds. The zero-order valence-corrected chi connectivity index (χ0v) is 11.2. The van der Waals surface area contributed by atoms with Crippen molar-refractivity contribution in [3.8, 4) is 0 Å². The summed E-state index contributed by atoms with van der Waals surface area (Å²) in [6.45, 7) is 5.36. The Hall–Kier alpha value is -0.760. The minimum atomic E-state index is -0.149. The Morgan fingerprint density at radius 1 is 1.41 bits per heavy atom. The highest BCUT2D eigenvalue weighted by molar-refractivity contribution is 6.17. The zero-order valence-electron chi connectivity index (χ0n) is 10.4. The van der Waals surface area contributed by atoms with Crippen LogP contribution in [0.25, 0.3) is 0 Å². The summed E-state index contributed by atoms with van der Waals surface area (Å²) in [5.41, 5.74) is 1.56. The molecule has 1 aliphatic heterocycles. The van der Waals surface area contributed by atoms with E-state index in [-0.39, 0.29) is 5.82 Å². The van der Waals surface area contributed by atoms with Gasteiger partial charge in [-0.1, -0.05) is 13.0 Å². The summed E-state index contributed by atoms with van der Waals surface area (Å²) in [7, 11) is 0. The van der Waals surface area contributed by atoms with Crippen LogP contribution in [0.5, 0.6) is 0 Å². The molecule has 0 saturated carbocycles. The number of piperidine rings is 1. The molecule has 1 heterocycles. The van der Waals surface area contributed by atoms with Crippen LogP contribution in [0.4, 0.5) is 10.1 Å². The van der Waals surface area contributed by atoms with Gasteiger partial charge in [-0.3, -0.25) is 0 Å². The lowest BCUT2D eigenvalue weighted by Crippen LogP contribution is -2.42. The van der Waals surface area contributed by atoms with Gasteiger partial charge in [-0.05, 0) is 43.4 Å². The summed E-state index contributed by atoms with van der Waals surface area (Å²) in [5.74, 6) is 0.836. The molecule has 1 saturated heterocycles. The minimum absolute atomic E-state index is 0.149. The van der Waals surface area contributed by atoms with E-state index in [1.165, 1.54) is 6.42 Å². The standard InChI is InChI=1S/C14H19ClFN/c1-10-4-3-7-17(11(10)2)14-6-5-12(9-15)8-13(14)16/h5-6,8,10-11H,3-4,7,9H2,1-2H3. The highest BCUT2D eigenvalue weighted by Crippen LogP contribution is 2.30. The van der Waals surface area contributed by atoms with Gasteiger partial charge in [-0.15, -0.1) is 11.6 Å². The molecule has 0 spiro atoms. The van der Waals surface area contributed by atoms with E-state index in [9.17, 15) is 4.39 Å². The predicted molar refractivity (Wildman–Crippen MR) is 71.2 cm³/mol. The maximum atomic E-state index is 14.0. The monoisotopic (exact) mass is 255 g/mol. The van der Waals surface area contributed by atoms with Gasteiger partial charge in [-0.2, -0.15) is 0 Å². The van der Waals surface area contributed by atoms with Crippen LogP contribution < -0.4 is 4.90 Å². The van der Waals surface area contributed by atoms with E-state index in [1.807, 2.05) is 12.1 Å². The molecular formula is C14H19ClFN. The van der Waals surface area contributed by atoms with Crippen molar-refractivity contribution in [3.63, 3.8) is 0 Å². The fourth-order valence-corrected chi connectivity index (χ4v) is 2.71. The molecule has 2 rings (SSSR count). The lowest BCUT2D eigenvalue weighted by atomic mass is 9.91. The van der Waals surface area contributed by atoms with Crippen molar-refractivity contribution in [3.05, 3.63) is 29.6 Å². The molecule has 0 aromatic heterocycles. The third-order valence-corrected chi connectivity index (χ3v) is 4.16. The quantitative estimate of drug-likeness (QED) is 0.717. The first kappa shape index (κ1) is 12.7. The van der Waals surface area contributed by atoms with Crippen LogP contribution in [0.3, 0.4) is 0 Å². The SMILES string of the molecule is CC1CCCN(c2ccc(CCl)cc2F)C1C. The number of hydrogen-bond acceptors (Lipinski definition) is 1. The average Bonchev–Trinajstić information content (AvgIpc) is 2.33. The molecule has 2 unspecified atom stereocenters. The van der Waals surface area contributed by atoms with E-state index in [4.69, 9.17) is 11.6 Å². The molecule has 2 atom stereocenters. The molecule has 0 N–H and O–H groups in total. The van der Waals surface area contributed by atoms with Gasteiger partial charge in [0.05, 0.1) is 5.69 Å². The summed E-state index contributed by atoms with van der Waals surface area (Å²) in [4.78, 5) is 2.18. The smallest absolute Gasteiger partial charge is 0.146 e. The fourth-order valence-electron chi connectivity index (χ4n) is 2.54. The number of benzene rings is 1. The first-order valence-electron chi connectivity index (χ1n) is 6.24. The molecule has 0 aliphatic carbocycles. The number of halogens is 2. The normalized spacial score (nSPS) is 25.1. The largest absolute Gasteiger partial charge is 0.366 e. The number of hydrogen-bond donors (Lipinski definition) is 0. The van der Waals surface area contributed by atoms with Gasteiger partial charge in [0.25, 0.3) is 0 Å². The molecule has 1 aromatic carbocycles. The minimum Gasteiger partial charge on any atom is -0.366 e. The van der Waals surface area contributed by atoms with E-state index in [0.29, 0.717) is 17.8 Å². The van der Waals surface area contributed by atoms with Crippen molar-refractivity contribution in [2.24, 2.45) is 5.92 Å². The van der Waals surface area contributed by atoms with Gasteiger partial charge in [0, 0.05) is 18.5 Å². The maximum Gasteiger partial charge on any atom is 0.146 e. The molecule has 1 aliphatic rings. The Balaban J connectivity index is 2.27. The fraction of sp³-hybridized carbons (Fsp3) is 0.571. The Bertz CT molecular complexity index is 394. The predicted octanol–water partition coefficient (Wildman–Crippen LogP) is 4.19.